The molecule has 0 heterocycles. The summed E-state index contributed by atoms with van der Waals surface area (Å²) >= 11 is 5.65. The standard InChI is InChI=1S/C19H23ClO2/c20-14-6-1-2-7-15-21-18-10-12-19(13-11-18)22-16-17-8-4-3-5-9-17/h3-5,8-13H,1-2,6-7,14-16H2. The molecule has 2 nitrogen and oxygen atoms in total. The van der Waals surface area contributed by atoms with Gasteiger partial charge in [-0.1, -0.05) is 43.2 Å². The van der Waals surface area contributed by atoms with Gasteiger partial charge in [0.25, 0.3) is 0 Å². The molecule has 0 N–H and O–H groups in total. The molecule has 0 unspecified atom stereocenters. The SMILES string of the molecule is ClCCCCCCOc1ccc(OCc2ccccc2)cc1. The summed E-state index contributed by atoms with van der Waals surface area (Å²) in [6.07, 6.45) is 4.52. The van der Waals surface area contributed by atoms with Crippen LogP contribution in [0.3, 0.4) is 0 Å². The predicted molar refractivity (Wildman–Crippen MR) is 91.9 cm³/mol. The maximum Gasteiger partial charge on any atom is 0.120 e. The summed E-state index contributed by atoms with van der Waals surface area (Å²) in [5.74, 6) is 2.51. The van der Waals surface area contributed by atoms with E-state index in [0.29, 0.717) is 6.61 Å². The quantitative estimate of drug-likeness (QED) is 0.429. The molecule has 0 aliphatic rings. The number of halogens is 1. The fourth-order valence-electron chi connectivity index (χ4n) is 2.11. The smallest absolute Gasteiger partial charge is 0.120 e. The Kier molecular flexibility index (Phi) is 7.68. The highest BCUT2D eigenvalue weighted by atomic mass is 35.5. The largest absolute Gasteiger partial charge is 0.494 e. The third-order valence-electron chi connectivity index (χ3n) is 3.37. The van der Waals surface area contributed by atoms with Gasteiger partial charge in [-0.05, 0) is 42.7 Å². The molecule has 2 aromatic carbocycles. The summed E-state index contributed by atoms with van der Waals surface area (Å²) < 4.78 is 11.5. The fraction of sp³-hybridized carbons (Fsp3) is 0.368. The van der Waals surface area contributed by atoms with Crippen molar-refractivity contribution < 1.29 is 9.47 Å². The Morgan fingerprint density at radius 3 is 2.00 bits per heavy atom. The third-order valence-corrected chi connectivity index (χ3v) is 3.64. The number of unbranched alkanes of at least 4 members (excludes halogenated alkanes) is 3. The highest BCUT2D eigenvalue weighted by molar-refractivity contribution is 6.17. The summed E-state index contributed by atoms with van der Waals surface area (Å²) in [6, 6.07) is 18.0. The van der Waals surface area contributed by atoms with E-state index in [-0.39, 0.29) is 0 Å². The second-order valence-electron chi connectivity index (χ2n) is 5.20. The Bertz CT molecular complexity index is 511. The van der Waals surface area contributed by atoms with E-state index < -0.39 is 0 Å². The van der Waals surface area contributed by atoms with Gasteiger partial charge in [0.1, 0.15) is 18.1 Å². The number of hydrogen-bond donors (Lipinski definition) is 0. The van der Waals surface area contributed by atoms with Crippen molar-refractivity contribution in [2.45, 2.75) is 32.3 Å². The van der Waals surface area contributed by atoms with Gasteiger partial charge in [-0.25, -0.2) is 0 Å². The van der Waals surface area contributed by atoms with Gasteiger partial charge >= 0.3 is 0 Å². The molecule has 0 aromatic heterocycles. The minimum Gasteiger partial charge on any atom is -0.494 e. The summed E-state index contributed by atoms with van der Waals surface area (Å²) in [4.78, 5) is 0. The molecule has 0 bridgehead atoms. The van der Waals surface area contributed by atoms with Gasteiger partial charge in [-0.3, -0.25) is 0 Å². The van der Waals surface area contributed by atoms with Crippen molar-refractivity contribution in [3.8, 4) is 11.5 Å². The van der Waals surface area contributed by atoms with E-state index in [1.165, 1.54) is 18.4 Å². The molecule has 22 heavy (non-hydrogen) atoms. The lowest BCUT2D eigenvalue weighted by molar-refractivity contribution is 0.297. The molecule has 0 fully saturated rings. The average Bonchev–Trinajstić information content (AvgIpc) is 2.58. The average molecular weight is 319 g/mol. The van der Waals surface area contributed by atoms with Gasteiger partial charge in [0.05, 0.1) is 6.61 Å². The molecule has 0 aliphatic heterocycles. The van der Waals surface area contributed by atoms with Crippen molar-refractivity contribution in [3.63, 3.8) is 0 Å². The highest BCUT2D eigenvalue weighted by Gasteiger charge is 1.98. The molecule has 0 saturated carbocycles. The van der Waals surface area contributed by atoms with E-state index in [1.54, 1.807) is 0 Å². The van der Waals surface area contributed by atoms with Crippen molar-refractivity contribution in [2.75, 3.05) is 12.5 Å². The number of rotatable bonds is 10. The minimum atomic E-state index is 0.585. The van der Waals surface area contributed by atoms with E-state index >= 15 is 0 Å². The van der Waals surface area contributed by atoms with Crippen LogP contribution >= 0.6 is 11.6 Å². The van der Waals surface area contributed by atoms with E-state index in [1.807, 2.05) is 42.5 Å². The van der Waals surface area contributed by atoms with Crippen LogP contribution in [0.5, 0.6) is 11.5 Å². The molecular weight excluding hydrogens is 296 g/mol. The van der Waals surface area contributed by atoms with Crippen LogP contribution < -0.4 is 9.47 Å². The lowest BCUT2D eigenvalue weighted by Crippen LogP contribution is -1.98. The Labute approximate surface area is 138 Å². The first-order chi connectivity index (χ1) is 10.9. The summed E-state index contributed by atoms with van der Waals surface area (Å²) in [7, 11) is 0. The fourth-order valence-corrected chi connectivity index (χ4v) is 2.30. The van der Waals surface area contributed by atoms with Gasteiger partial charge < -0.3 is 9.47 Å². The maximum atomic E-state index is 5.75. The van der Waals surface area contributed by atoms with Crippen LogP contribution in [-0.4, -0.2) is 12.5 Å². The Morgan fingerprint density at radius 1 is 0.682 bits per heavy atom. The van der Waals surface area contributed by atoms with E-state index in [4.69, 9.17) is 21.1 Å². The van der Waals surface area contributed by atoms with Crippen LogP contribution in [-0.2, 0) is 6.61 Å². The van der Waals surface area contributed by atoms with Crippen molar-refractivity contribution in [3.05, 3.63) is 60.2 Å². The Hall–Kier alpha value is -1.67. The summed E-state index contributed by atoms with van der Waals surface area (Å²) in [6.45, 7) is 1.34. The van der Waals surface area contributed by atoms with E-state index in [0.717, 1.165) is 36.8 Å². The number of ether oxygens (including phenoxy) is 2. The topological polar surface area (TPSA) is 18.5 Å². The van der Waals surface area contributed by atoms with Crippen LogP contribution in [0.15, 0.2) is 54.6 Å². The van der Waals surface area contributed by atoms with Crippen LogP contribution in [0, 0.1) is 0 Å². The van der Waals surface area contributed by atoms with Crippen LogP contribution in [0.4, 0.5) is 0 Å². The zero-order chi connectivity index (χ0) is 15.5. The summed E-state index contributed by atoms with van der Waals surface area (Å²) in [5.41, 5.74) is 1.17. The van der Waals surface area contributed by atoms with Gasteiger partial charge in [-0.15, -0.1) is 11.6 Å². The zero-order valence-corrected chi connectivity index (χ0v) is 13.6. The normalized spacial score (nSPS) is 10.4. The second kappa shape index (κ2) is 10.1. The number of alkyl halides is 1. The third kappa shape index (κ3) is 6.40. The molecule has 0 saturated heterocycles. The first-order valence-corrected chi connectivity index (χ1v) is 8.37. The molecule has 0 spiro atoms. The first kappa shape index (κ1) is 16.7. The molecule has 0 radical (unpaired) electrons. The summed E-state index contributed by atoms with van der Waals surface area (Å²) in [5, 5.41) is 0. The molecule has 118 valence electrons. The molecule has 0 aliphatic carbocycles. The van der Waals surface area contributed by atoms with E-state index in [9.17, 15) is 0 Å². The molecule has 0 amide bonds. The van der Waals surface area contributed by atoms with Crippen LogP contribution in [0.25, 0.3) is 0 Å². The minimum absolute atomic E-state index is 0.585. The molecular formula is C19H23ClO2. The zero-order valence-electron chi connectivity index (χ0n) is 12.8. The number of hydrogen-bond acceptors (Lipinski definition) is 2. The van der Waals surface area contributed by atoms with Crippen molar-refractivity contribution >= 4 is 11.6 Å². The van der Waals surface area contributed by atoms with Crippen molar-refractivity contribution in [1.29, 1.82) is 0 Å². The van der Waals surface area contributed by atoms with Crippen LogP contribution in [0.2, 0.25) is 0 Å². The first-order valence-electron chi connectivity index (χ1n) is 7.84. The van der Waals surface area contributed by atoms with Crippen molar-refractivity contribution in [2.24, 2.45) is 0 Å². The van der Waals surface area contributed by atoms with Gasteiger partial charge in [0, 0.05) is 5.88 Å². The Balaban J connectivity index is 1.67. The lowest BCUT2D eigenvalue weighted by atomic mass is 10.2. The molecule has 2 aromatic rings. The van der Waals surface area contributed by atoms with Gasteiger partial charge in [0.2, 0.25) is 0 Å². The van der Waals surface area contributed by atoms with Crippen molar-refractivity contribution in [1.82, 2.24) is 0 Å². The Morgan fingerprint density at radius 2 is 1.32 bits per heavy atom. The van der Waals surface area contributed by atoms with Gasteiger partial charge in [-0.2, -0.15) is 0 Å². The number of benzene rings is 2. The van der Waals surface area contributed by atoms with E-state index in [2.05, 4.69) is 12.1 Å². The monoisotopic (exact) mass is 318 g/mol. The van der Waals surface area contributed by atoms with Crippen LogP contribution in [0.1, 0.15) is 31.2 Å². The maximum absolute atomic E-state index is 5.75. The van der Waals surface area contributed by atoms with Gasteiger partial charge in [0.15, 0.2) is 0 Å². The second-order valence-corrected chi connectivity index (χ2v) is 5.58. The predicted octanol–water partition coefficient (Wildman–Crippen LogP) is 5.44. The molecule has 3 heteroatoms. The lowest BCUT2D eigenvalue weighted by Gasteiger charge is -2.09. The molecule has 0 atom stereocenters. The molecule has 2 rings (SSSR count). The highest BCUT2D eigenvalue weighted by Crippen LogP contribution is 2.19.